The lowest BCUT2D eigenvalue weighted by molar-refractivity contribution is -0.128. The Morgan fingerprint density at radius 3 is 2.21 bits per heavy atom. The predicted octanol–water partition coefficient (Wildman–Crippen LogP) is 5.05. The van der Waals surface area contributed by atoms with Crippen LogP contribution in [0.25, 0.3) is 0 Å². The first kappa shape index (κ1) is 22.5. The highest BCUT2D eigenvalue weighted by atomic mass is 32.2. The van der Waals surface area contributed by atoms with Crippen molar-refractivity contribution in [2.45, 2.75) is 10.8 Å². The molecule has 3 aromatic carbocycles. The fourth-order valence-electron chi connectivity index (χ4n) is 2.82. The van der Waals surface area contributed by atoms with E-state index in [2.05, 4.69) is 20.8 Å². The highest BCUT2D eigenvalue weighted by Gasteiger charge is 2.12. The number of aromatic nitrogens is 2. The van der Waals surface area contributed by atoms with Crippen LogP contribution in [0, 0.1) is 0 Å². The Balaban J connectivity index is 1.22. The minimum Gasteiger partial charge on any atom is -0.457 e. The molecule has 4 rings (SSSR count). The van der Waals surface area contributed by atoms with E-state index in [1.165, 1.54) is 23.1 Å². The van der Waals surface area contributed by atoms with Gasteiger partial charge < -0.3 is 10.1 Å². The van der Waals surface area contributed by atoms with Gasteiger partial charge in [-0.3, -0.25) is 14.9 Å². The fraction of sp³-hybridized carbons (Fsp3) is 0.0833. The SMILES string of the molecule is O=C(CSc1nnc(Nc2ccc(Oc3ccccc3)cc2)s1)NC(=O)Cc1ccccc1. The van der Waals surface area contributed by atoms with Gasteiger partial charge in [-0.15, -0.1) is 10.2 Å². The molecule has 0 aliphatic carbocycles. The second kappa shape index (κ2) is 11.3. The Kier molecular flexibility index (Phi) is 7.68. The molecule has 0 atom stereocenters. The van der Waals surface area contributed by atoms with Gasteiger partial charge >= 0.3 is 0 Å². The number of hydrogen-bond donors (Lipinski definition) is 2. The van der Waals surface area contributed by atoms with E-state index in [1.54, 1.807) is 0 Å². The molecule has 0 aliphatic rings. The summed E-state index contributed by atoms with van der Waals surface area (Å²) in [6.07, 6.45) is 0.166. The Hall–Kier alpha value is -3.69. The van der Waals surface area contributed by atoms with Crippen molar-refractivity contribution in [1.82, 2.24) is 15.5 Å². The summed E-state index contributed by atoms with van der Waals surface area (Å²) in [5.74, 6) is 0.898. The lowest BCUT2D eigenvalue weighted by Crippen LogP contribution is -2.33. The second-order valence-electron chi connectivity index (χ2n) is 6.86. The molecular weight excluding hydrogens is 456 g/mol. The first-order chi connectivity index (χ1) is 16.1. The molecule has 9 heteroatoms. The maximum absolute atomic E-state index is 12.1. The summed E-state index contributed by atoms with van der Waals surface area (Å²) >= 11 is 2.56. The lowest BCUT2D eigenvalue weighted by Gasteiger charge is -2.06. The monoisotopic (exact) mass is 476 g/mol. The van der Waals surface area contributed by atoms with Gasteiger partial charge in [0.1, 0.15) is 11.5 Å². The third-order valence-corrected chi connectivity index (χ3v) is 6.28. The average Bonchev–Trinajstić information content (AvgIpc) is 3.27. The highest BCUT2D eigenvalue weighted by molar-refractivity contribution is 8.01. The Morgan fingerprint density at radius 1 is 0.818 bits per heavy atom. The quantitative estimate of drug-likeness (QED) is 0.327. The molecule has 1 aromatic heterocycles. The molecule has 0 aliphatic heterocycles. The maximum atomic E-state index is 12.1. The topological polar surface area (TPSA) is 93.2 Å². The molecule has 7 nitrogen and oxygen atoms in total. The van der Waals surface area contributed by atoms with Crippen molar-refractivity contribution < 1.29 is 14.3 Å². The largest absolute Gasteiger partial charge is 0.457 e. The number of nitrogens with zero attached hydrogens (tertiary/aromatic N) is 2. The molecule has 0 unspecified atom stereocenters. The zero-order valence-corrected chi connectivity index (χ0v) is 19.1. The molecule has 33 heavy (non-hydrogen) atoms. The van der Waals surface area contributed by atoms with E-state index >= 15 is 0 Å². The number of benzene rings is 3. The Bertz CT molecular complexity index is 1200. The van der Waals surface area contributed by atoms with Gasteiger partial charge in [-0.2, -0.15) is 0 Å². The van der Waals surface area contributed by atoms with E-state index in [0.717, 1.165) is 22.7 Å². The summed E-state index contributed by atoms with van der Waals surface area (Å²) in [7, 11) is 0. The number of para-hydroxylation sites is 1. The summed E-state index contributed by atoms with van der Waals surface area (Å²) in [6.45, 7) is 0. The van der Waals surface area contributed by atoms with Crippen molar-refractivity contribution in [3.8, 4) is 11.5 Å². The number of rotatable bonds is 9. The van der Waals surface area contributed by atoms with Crippen molar-refractivity contribution >= 4 is 45.7 Å². The van der Waals surface area contributed by atoms with Crippen LogP contribution in [0.15, 0.2) is 89.3 Å². The summed E-state index contributed by atoms with van der Waals surface area (Å²) in [5, 5.41) is 14.4. The maximum Gasteiger partial charge on any atom is 0.237 e. The van der Waals surface area contributed by atoms with Gasteiger partial charge in [-0.25, -0.2) is 0 Å². The zero-order chi connectivity index (χ0) is 22.9. The first-order valence-corrected chi connectivity index (χ1v) is 11.9. The van der Waals surface area contributed by atoms with Crippen molar-refractivity contribution in [2.24, 2.45) is 0 Å². The lowest BCUT2D eigenvalue weighted by atomic mass is 10.1. The number of nitrogens with one attached hydrogen (secondary N) is 2. The van der Waals surface area contributed by atoms with Crippen molar-refractivity contribution in [3.05, 3.63) is 90.5 Å². The van der Waals surface area contributed by atoms with E-state index < -0.39 is 0 Å². The summed E-state index contributed by atoms with van der Waals surface area (Å²) in [5.41, 5.74) is 1.70. The van der Waals surface area contributed by atoms with Crippen molar-refractivity contribution in [3.63, 3.8) is 0 Å². The molecule has 0 bridgehead atoms. The van der Waals surface area contributed by atoms with E-state index in [9.17, 15) is 9.59 Å². The van der Waals surface area contributed by atoms with Crippen molar-refractivity contribution in [2.75, 3.05) is 11.1 Å². The number of anilines is 2. The number of ether oxygens (including phenoxy) is 1. The smallest absolute Gasteiger partial charge is 0.237 e. The van der Waals surface area contributed by atoms with Crippen LogP contribution in [-0.2, 0) is 16.0 Å². The van der Waals surface area contributed by atoms with E-state index in [1.807, 2.05) is 84.9 Å². The van der Waals surface area contributed by atoms with Gasteiger partial charge in [0, 0.05) is 5.69 Å². The average molecular weight is 477 g/mol. The normalized spacial score (nSPS) is 10.4. The molecule has 0 radical (unpaired) electrons. The van der Waals surface area contributed by atoms with Gasteiger partial charge in [0.15, 0.2) is 4.34 Å². The third kappa shape index (κ3) is 7.16. The molecule has 166 valence electrons. The number of carbonyl (C=O) groups is 2. The summed E-state index contributed by atoms with van der Waals surface area (Å²) in [4.78, 5) is 24.0. The molecule has 0 saturated carbocycles. The molecule has 0 saturated heterocycles. The Labute approximate surface area is 199 Å². The van der Waals surface area contributed by atoms with Gasteiger partial charge in [0.2, 0.25) is 16.9 Å². The molecular formula is C24H20N4O3S2. The van der Waals surface area contributed by atoms with Gasteiger partial charge in [-0.05, 0) is 42.0 Å². The van der Waals surface area contributed by atoms with Crippen LogP contribution in [0.3, 0.4) is 0 Å². The Morgan fingerprint density at radius 2 is 1.48 bits per heavy atom. The molecule has 4 aromatic rings. The van der Waals surface area contributed by atoms with Gasteiger partial charge in [-0.1, -0.05) is 71.6 Å². The third-order valence-electron chi connectivity index (χ3n) is 4.30. The van der Waals surface area contributed by atoms with Gasteiger partial charge in [0.05, 0.1) is 12.2 Å². The van der Waals surface area contributed by atoms with Crippen LogP contribution in [0.5, 0.6) is 11.5 Å². The molecule has 2 N–H and O–H groups in total. The number of imide groups is 1. The van der Waals surface area contributed by atoms with E-state index in [4.69, 9.17) is 4.74 Å². The second-order valence-corrected chi connectivity index (χ2v) is 9.06. The number of thioether (sulfide) groups is 1. The molecule has 1 heterocycles. The predicted molar refractivity (Wildman–Crippen MR) is 130 cm³/mol. The number of hydrogen-bond acceptors (Lipinski definition) is 8. The molecule has 2 amide bonds. The minimum atomic E-state index is -0.361. The first-order valence-electron chi connectivity index (χ1n) is 10.1. The standard InChI is InChI=1S/C24H20N4O3S2/c29-21(15-17-7-3-1-4-8-17)26-22(30)16-32-24-28-27-23(33-24)25-18-11-13-20(14-12-18)31-19-9-5-2-6-10-19/h1-14H,15-16H2,(H,25,27)(H,26,29,30). The number of amides is 2. The molecule has 0 fully saturated rings. The minimum absolute atomic E-state index is 0.0840. The molecule has 0 spiro atoms. The fourth-order valence-corrected chi connectivity index (χ4v) is 4.39. The van der Waals surface area contributed by atoms with E-state index in [0.29, 0.717) is 9.47 Å². The van der Waals surface area contributed by atoms with Crippen molar-refractivity contribution in [1.29, 1.82) is 0 Å². The van der Waals surface area contributed by atoms with Crippen LogP contribution >= 0.6 is 23.1 Å². The van der Waals surface area contributed by atoms with Crippen LogP contribution in [0.2, 0.25) is 0 Å². The number of carbonyl (C=O) groups excluding carboxylic acids is 2. The van der Waals surface area contributed by atoms with Crippen LogP contribution in [0.4, 0.5) is 10.8 Å². The van der Waals surface area contributed by atoms with Gasteiger partial charge in [0.25, 0.3) is 0 Å². The van der Waals surface area contributed by atoms with Crippen LogP contribution < -0.4 is 15.4 Å². The highest BCUT2D eigenvalue weighted by Crippen LogP contribution is 2.29. The zero-order valence-electron chi connectivity index (χ0n) is 17.4. The van der Waals surface area contributed by atoms with Crippen LogP contribution in [0.1, 0.15) is 5.56 Å². The van der Waals surface area contributed by atoms with Crippen LogP contribution in [-0.4, -0.2) is 27.8 Å². The van der Waals surface area contributed by atoms with E-state index in [-0.39, 0.29) is 24.0 Å². The summed E-state index contributed by atoms with van der Waals surface area (Å²) in [6, 6.07) is 26.3. The summed E-state index contributed by atoms with van der Waals surface area (Å²) < 4.78 is 6.42.